The molecule has 0 N–H and O–H groups in total. The Hall–Kier alpha value is -0.520. The van der Waals surface area contributed by atoms with E-state index in [9.17, 15) is 8.42 Å². The summed E-state index contributed by atoms with van der Waals surface area (Å²) in [6.07, 6.45) is 13.4. The minimum atomic E-state index is -3.61. The average molecular weight is 401 g/mol. The highest BCUT2D eigenvalue weighted by molar-refractivity contribution is 7.99. The molecule has 0 amide bonds. The van der Waals surface area contributed by atoms with E-state index in [-0.39, 0.29) is 11.5 Å². The first-order chi connectivity index (χ1) is 12.6. The lowest BCUT2D eigenvalue weighted by molar-refractivity contribution is 0.341. The number of hydrogen-bond acceptors (Lipinski definition) is 4. The van der Waals surface area contributed by atoms with E-state index in [1.165, 1.54) is 64.2 Å². The number of thioether (sulfide) groups is 1. The van der Waals surface area contributed by atoms with E-state index in [1.807, 2.05) is 6.92 Å². The fourth-order valence-electron chi connectivity index (χ4n) is 2.77. The van der Waals surface area contributed by atoms with Crippen LogP contribution in [0.1, 0.15) is 76.7 Å². The van der Waals surface area contributed by atoms with Crippen molar-refractivity contribution >= 4 is 21.9 Å². The normalized spacial score (nSPS) is 11.8. The van der Waals surface area contributed by atoms with Crippen molar-refractivity contribution in [3.63, 3.8) is 0 Å². The fraction of sp³-hybridized carbons (Fsp3) is 0.714. The lowest BCUT2D eigenvalue weighted by Gasteiger charge is -2.06. The van der Waals surface area contributed by atoms with Gasteiger partial charge in [0, 0.05) is 5.75 Å². The Morgan fingerprint density at radius 3 is 1.92 bits per heavy atom. The molecule has 150 valence electrons. The van der Waals surface area contributed by atoms with Gasteiger partial charge in [-0.05, 0) is 31.2 Å². The first kappa shape index (κ1) is 23.5. The Balaban J connectivity index is 1.94. The van der Waals surface area contributed by atoms with Crippen molar-refractivity contribution in [2.45, 2.75) is 83.0 Å². The highest BCUT2D eigenvalue weighted by Crippen LogP contribution is 2.15. The molecule has 0 heterocycles. The minimum absolute atomic E-state index is 0.239. The summed E-state index contributed by atoms with van der Waals surface area (Å²) in [4.78, 5) is 0.239. The second-order valence-corrected chi connectivity index (χ2v) is 9.72. The molecule has 26 heavy (non-hydrogen) atoms. The zero-order valence-corrected chi connectivity index (χ0v) is 18.2. The van der Waals surface area contributed by atoms with Crippen LogP contribution in [0.2, 0.25) is 0 Å². The molecule has 0 atom stereocenters. The van der Waals surface area contributed by atoms with Crippen molar-refractivity contribution in [3.8, 4) is 0 Å². The van der Waals surface area contributed by atoms with Crippen molar-refractivity contribution in [1.29, 1.82) is 0 Å². The third kappa shape index (κ3) is 11.2. The number of benzene rings is 1. The molecule has 0 aromatic heterocycles. The quantitative estimate of drug-likeness (QED) is 0.239. The van der Waals surface area contributed by atoms with Crippen molar-refractivity contribution in [2.75, 3.05) is 18.1 Å². The van der Waals surface area contributed by atoms with Crippen LogP contribution >= 0.6 is 11.8 Å². The van der Waals surface area contributed by atoms with Gasteiger partial charge in [0.05, 0.1) is 11.5 Å². The van der Waals surface area contributed by atoms with Crippen molar-refractivity contribution in [3.05, 3.63) is 29.8 Å². The van der Waals surface area contributed by atoms with Gasteiger partial charge < -0.3 is 0 Å². The largest absolute Gasteiger partial charge is 0.296 e. The summed E-state index contributed by atoms with van der Waals surface area (Å²) in [7, 11) is -3.61. The Morgan fingerprint density at radius 2 is 1.35 bits per heavy atom. The highest BCUT2D eigenvalue weighted by atomic mass is 32.2. The van der Waals surface area contributed by atoms with Crippen LogP contribution in [-0.2, 0) is 14.3 Å². The zero-order valence-electron chi connectivity index (χ0n) is 16.5. The van der Waals surface area contributed by atoms with Gasteiger partial charge in [-0.3, -0.25) is 4.18 Å². The molecule has 1 aromatic carbocycles. The lowest BCUT2D eigenvalue weighted by Crippen LogP contribution is -2.09. The summed E-state index contributed by atoms with van der Waals surface area (Å²) in [6, 6.07) is 6.77. The molecule has 0 spiro atoms. The van der Waals surface area contributed by atoms with Gasteiger partial charge in [-0.1, -0.05) is 82.4 Å². The molecular weight excluding hydrogens is 364 g/mol. The maximum atomic E-state index is 12.0. The van der Waals surface area contributed by atoms with E-state index in [0.717, 1.165) is 17.1 Å². The van der Waals surface area contributed by atoms with Crippen LogP contribution in [0, 0.1) is 6.92 Å². The topological polar surface area (TPSA) is 43.4 Å². The van der Waals surface area contributed by atoms with Crippen LogP contribution in [0.5, 0.6) is 0 Å². The average Bonchev–Trinajstić information content (AvgIpc) is 2.62. The van der Waals surface area contributed by atoms with Crippen LogP contribution in [0.4, 0.5) is 0 Å². The smallest absolute Gasteiger partial charge is 0.266 e. The molecular formula is C21H36O3S2. The Morgan fingerprint density at radius 1 is 0.808 bits per heavy atom. The van der Waals surface area contributed by atoms with Gasteiger partial charge in [-0.15, -0.1) is 0 Å². The van der Waals surface area contributed by atoms with Gasteiger partial charge in [0.1, 0.15) is 0 Å². The standard InChI is InChI=1S/C21H36O3S2/c1-3-4-5-6-7-8-9-10-11-12-18-25-19-17-24-26(22,23)21-15-13-20(2)14-16-21/h13-16H,3-12,17-19H2,1-2H3. The third-order valence-corrected chi connectivity index (χ3v) is 6.78. The van der Waals surface area contributed by atoms with Gasteiger partial charge in [0.2, 0.25) is 0 Å². The molecule has 0 saturated heterocycles. The molecule has 1 rings (SSSR count). The lowest BCUT2D eigenvalue weighted by atomic mass is 10.1. The molecule has 5 heteroatoms. The molecule has 0 unspecified atom stereocenters. The van der Waals surface area contributed by atoms with Crippen molar-refractivity contribution < 1.29 is 12.6 Å². The third-order valence-electron chi connectivity index (χ3n) is 4.42. The Bertz CT molecular complexity index is 553. The molecule has 0 aliphatic carbocycles. The highest BCUT2D eigenvalue weighted by Gasteiger charge is 2.14. The van der Waals surface area contributed by atoms with E-state index < -0.39 is 10.1 Å². The van der Waals surface area contributed by atoms with Crippen LogP contribution < -0.4 is 0 Å². The van der Waals surface area contributed by atoms with Crippen molar-refractivity contribution in [1.82, 2.24) is 0 Å². The molecule has 0 fully saturated rings. The fourth-order valence-corrected chi connectivity index (χ4v) is 4.60. The number of rotatable bonds is 16. The van der Waals surface area contributed by atoms with Gasteiger partial charge in [-0.25, -0.2) is 0 Å². The van der Waals surface area contributed by atoms with Crippen LogP contribution in [0.15, 0.2) is 29.2 Å². The predicted molar refractivity (Wildman–Crippen MR) is 113 cm³/mol. The van der Waals surface area contributed by atoms with E-state index in [0.29, 0.717) is 0 Å². The monoisotopic (exact) mass is 400 g/mol. The number of aryl methyl sites for hydroxylation is 1. The summed E-state index contributed by atoms with van der Waals surface area (Å²) in [5.41, 5.74) is 1.04. The molecule has 3 nitrogen and oxygen atoms in total. The molecule has 1 aromatic rings. The van der Waals surface area contributed by atoms with Crippen LogP contribution in [0.3, 0.4) is 0 Å². The van der Waals surface area contributed by atoms with Crippen molar-refractivity contribution in [2.24, 2.45) is 0 Å². The van der Waals surface area contributed by atoms with Gasteiger partial charge >= 0.3 is 0 Å². The molecule has 0 aliphatic heterocycles. The zero-order chi connectivity index (χ0) is 19.1. The van der Waals surface area contributed by atoms with E-state index in [1.54, 1.807) is 36.0 Å². The molecule has 0 saturated carbocycles. The molecule has 0 bridgehead atoms. The van der Waals surface area contributed by atoms with Gasteiger partial charge in [-0.2, -0.15) is 20.2 Å². The summed E-state index contributed by atoms with van der Waals surface area (Å²) in [6.45, 7) is 4.44. The Labute approximate surface area is 165 Å². The summed E-state index contributed by atoms with van der Waals surface area (Å²) in [5, 5.41) is 0. The van der Waals surface area contributed by atoms with E-state index >= 15 is 0 Å². The minimum Gasteiger partial charge on any atom is -0.266 e. The summed E-state index contributed by atoms with van der Waals surface area (Å²) in [5.74, 6) is 1.81. The number of hydrogen-bond donors (Lipinski definition) is 0. The second kappa shape index (κ2) is 14.5. The Kier molecular flexibility index (Phi) is 13.1. The predicted octanol–water partition coefficient (Wildman–Crippen LogP) is 6.35. The number of unbranched alkanes of at least 4 members (excludes halogenated alkanes) is 9. The molecule has 0 radical (unpaired) electrons. The first-order valence-electron chi connectivity index (χ1n) is 10.1. The maximum Gasteiger partial charge on any atom is 0.296 e. The maximum absolute atomic E-state index is 12.0. The van der Waals surface area contributed by atoms with Gasteiger partial charge in [0.25, 0.3) is 10.1 Å². The van der Waals surface area contributed by atoms with Gasteiger partial charge in [0.15, 0.2) is 0 Å². The second-order valence-electron chi connectivity index (χ2n) is 6.88. The molecule has 0 aliphatic rings. The summed E-state index contributed by atoms with van der Waals surface area (Å²) >= 11 is 1.78. The SMILES string of the molecule is CCCCCCCCCCCCSCCOS(=O)(=O)c1ccc(C)cc1. The van der Waals surface area contributed by atoms with E-state index in [4.69, 9.17) is 4.18 Å². The van der Waals surface area contributed by atoms with E-state index in [2.05, 4.69) is 6.92 Å². The summed E-state index contributed by atoms with van der Waals surface area (Å²) < 4.78 is 29.2. The van der Waals surface area contributed by atoms with Crippen LogP contribution in [0.25, 0.3) is 0 Å². The van der Waals surface area contributed by atoms with Crippen LogP contribution in [-0.4, -0.2) is 26.5 Å². The first-order valence-corrected chi connectivity index (χ1v) is 12.7.